The average molecular weight is 197 g/mol. The van der Waals surface area contributed by atoms with E-state index in [-0.39, 0.29) is 5.56 Å². The molecule has 1 aromatic rings. The SMILES string of the molecule is C=C(C)Cn1ncc(=O)nc1SC. The quantitative estimate of drug-likeness (QED) is 0.534. The first-order valence-corrected chi connectivity index (χ1v) is 4.98. The lowest BCUT2D eigenvalue weighted by molar-refractivity contribution is 0.556. The van der Waals surface area contributed by atoms with Gasteiger partial charge in [0, 0.05) is 0 Å². The first kappa shape index (κ1) is 9.98. The van der Waals surface area contributed by atoms with Crippen molar-refractivity contribution in [2.45, 2.75) is 18.6 Å². The van der Waals surface area contributed by atoms with Crippen molar-refractivity contribution in [1.82, 2.24) is 14.8 Å². The third-order valence-corrected chi connectivity index (χ3v) is 2.00. The molecule has 0 fully saturated rings. The summed E-state index contributed by atoms with van der Waals surface area (Å²) < 4.78 is 1.66. The number of hydrogen-bond acceptors (Lipinski definition) is 4. The summed E-state index contributed by atoms with van der Waals surface area (Å²) in [6.45, 7) is 6.28. The molecule has 0 spiro atoms. The van der Waals surface area contributed by atoms with Gasteiger partial charge < -0.3 is 0 Å². The van der Waals surface area contributed by atoms with Crippen LogP contribution in [0.2, 0.25) is 0 Å². The maximum absolute atomic E-state index is 10.9. The monoisotopic (exact) mass is 197 g/mol. The van der Waals surface area contributed by atoms with Crippen LogP contribution in [0.3, 0.4) is 0 Å². The molecule has 0 atom stereocenters. The summed E-state index contributed by atoms with van der Waals surface area (Å²) in [5.41, 5.74) is 0.676. The molecule has 0 aromatic carbocycles. The van der Waals surface area contributed by atoms with Gasteiger partial charge in [0.05, 0.1) is 6.54 Å². The fourth-order valence-corrected chi connectivity index (χ4v) is 1.37. The van der Waals surface area contributed by atoms with Crippen molar-refractivity contribution < 1.29 is 0 Å². The molecule has 0 radical (unpaired) electrons. The number of hydrogen-bond donors (Lipinski definition) is 0. The first-order valence-electron chi connectivity index (χ1n) is 3.76. The van der Waals surface area contributed by atoms with E-state index in [1.54, 1.807) is 4.68 Å². The van der Waals surface area contributed by atoms with E-state index in [1.807, 2.05) is 13.2 Å². The van der Waals surface area contributed by atoms with Crippen molar-refractivity contribution in [1.29, 1.82) is 0 Å². The number of thioether (sulfide) groups is 1. The standard InChI is InChI=1S/C8H11N3OS/c1-6(2)5-11-8(13-3)10-7(12)4-9-11/h4H,1,5H2,2-3H3. The van der Waals surface area contributed by atoms with E-state index in [2.05, 4.69) is 16.7 Å². The molecule has 0 bridgehead atoms. The minimum absolute atomic E-state index is 0.303. The Bertz CT molecular complexity index is 372. The van der Waals surface area contributed by atoms with Crippen molar-refractivity contribution in [3.63, 3.8) is 0 Å². The van der Waals surface area contributed by atoms with E-state index in [1.165, 1.54) is 18.0 Å². The van der Waals surface area contributed by atoms with Crippen LogP contribution in [0, 0.1) is 0 Å². The maximum atomic E-state index is 10.9. The van der Waals surface area contributed by atoms with Crippen molar-refractivity contribution in [3.8, 4) is 0 Å². The van der Waals surface area contributed by atoms with E-state index < -0.39 is 0 Å². The summed E-state index contributed by atoms with van der Waals surface area (Å²) in [6.07, 6.45) is 3.07. The third kappa shape index (κ3) is 2.69. The zero-order chi connectivity index (χ0) is 9.84. The Labute approximate surface area is 80.7 Å². The van der Waals surface area contributed by atoms with Gasteiger partial charge in [0.25, 0.3) is 5.56 Å². The zero-order valence-electron chi connectivity index (χ0n) is 7.65. The van der Waals surface area contributed by atoms with E-state index in [4.69, 9.17) is 0 Å². The molecule has 0 saturated heterocycles. The van der Waals surface area contributed by atoms with Crippen molar-refractivity contribution in [2.75, 3.05) is 6.26 Å². The Kier molecular flexibility index (Phi) is 3.25. The highest BCUT2D eigenvalue weighted by Crippen LogP contribution is 2.08. The lowest BCUT2D eigenvalue weighted by atomic mass is 10.4. The highest BCUT2D eigenvalue weighted by Gasteiger charge is 2.01. The number of allylic oxidation sites excluding steroid dienone is 1. The van der Waals surface area contributed by atoms with Gasteiger partial charge in [-0.1, -0.05) is 23.9 Å². The smallest absolute Gasteiger partial charge is 0.266 e. The number of nitrogens with zero attached hydrogens (tertiary/aromatic N) is 3. The number of rotatable bonds is 3. The van der Waals surface area contributed by atoms with Gasteiger partial charge in [0.15, 0.2) is 5.16 Å². The molecule has 5 heteroatoms. The van der Waals surface area contributed by atoms with Gasteiger partial charge in [-0.25, -0.2) is 4.68 Å². The van der Waals surface area contributed by atoms with Gasteiger partial charge in [-0.3, -0.25) is 4.79 Å². The molecule has 70 valence electrons. The molecule has 1 aromatic heterocycles. The molecular formula is C8H11N3OS. The summed E-state index contributed by atoms with van der Waals surface area (Å²) in [4.78, 5) is 14.7. The van der Waals surface area contributed by atoms with Crippen molar-refractivity contribution in [3.05, 3.63) is 28.7 Å². The summed E-state index contributed by atoms with van der Waals surface area (Å²) in [5.74, 6) is 0. The predicted octanol–water partition coefficient (Wildman–Crippen LogP) is 0.936. The largest absolute Gasteiger partial charge is 0.292 e. The second-order valence-electron chi connectivity index (χ2n) is 2.70. The van der Waals surface area contributed by atoms with E-state index in [0.29, 0.717) is 11.7 Å². The van der Waals surface area contributed by atoms with E-state index in [0.717, 1.165) is 5.57 Å². The van der Waals surface area contributed by atoms with Crippen LogP contribution < -0.4 is 5.56 Å². The summed E-state index contributed by atoms with van der Waals surface area (Å²) in [6, 6.07) is 0. The lowest BCUT2D eigenvalue weighted by Crippen LogP contribution is -2.17. The Balaban J connectivity index is 3.06. The summed E-state index contributed by atoms with van der Waals surface area (Å²) >= 11 is 1.40. The van der Waals surface area contributed by atoms with Crippen LogP contribution in [0.25, 0.3) is 0 Å². The maximum Gasteiger partial charge on any atom is 0.292 e. The minimum Gasteiger partial charge on any atom is -0.266 e. The van der Waals surface area contributed by atoms with Crippen LogP contribution >= 0.6 is 11.8 Å². The van der Waals surface area contributed by atoms with Crippen LogP contribution in [-0.2, 0) is 6.54 Å². The molecule has 4 nitrogen and oxygen atoms in total. The van der Waals surface area contributed by atoms with Crippen LogP contribution in [0.15, 0.2) is 28.3 Å². The lowest BCUT2D eigenvalue weighted by Gasteiger charge is -2.07. The second-order valence-corrected chi connectivity index (χ2v) is 3.47. The topological polar surface area (TPSA) is 47.8 Å². The third-order valence-electron chi connectivity index (χ3n) is 1.34. The first-order chi connectivity index (χ1) is 6.13. The highest BCUT2D eigenvalue weighted by molar-refractivity contribution is 7.98. The molecule has 0 unspecified atom stereocenters. The van der Waals surface area contributed by atoms with E-state index in [9.17, 15) is 4.79 Å². The molecule has 0 aliphatic heterocycles. The van der Waals surface area contributed by atoms with Gasteiger partial charge >= 0.3 is 0 Å². The molecule has 1 heterocycles. The van der Waals surface area contributed by atoms with Crippen LogP contribution in [0.4, 0.5) is 0 Å². The second kappa shape index (κ2) is 4.23. The molecule has 0 saturated carbocycles. The average Bonchev–Trinajstić information content (AvgIpc) is 2.07. The zero-order valence-corrected chi connectivity index (χ0v) is 8.47. The normalized spacial score (nSPS) is 10.0. The Hall–Kier alpha value is -1.10. The van der Waals surface area contributed by atoms with Crippen LogP contribution in [0.5, 0.6) is 0 Å². The molecular weight excluding hydrogens is 186 g/mol. The van der Waals surface area contributed by atoms with E-state index >= 15 is 0 Å². The van der Waals surface area contributed by atoms with Crippen LogP contribution in [-0.4, -0.2) is 21.0 Å². The predicted molar refractivity (Wildman–Crippen MR) is 52.9 cm³/mol. The Morgan fingerprint density at radius 1 is 1.77 bits per heavy atom. The Morgan fingerprint density at radius 2 is 2.46 bits per heavy atom. The van der Waals surface area contributed by atoms with Crippen molar-refractivity contribution >= 4 is 11.8 Å². The molecule has 0 N–H and O–H groups in total. The fourth-order valence-electron chi connectivity index (χ4n) is 0.864. The van der Waals surface area contributed by atoms with Gasteiger partial charge in [-0.05, 0) is 13.2 Å². The molecule has 13 heavy (non-hydrogen) atoms. The molecule has 0 amide bonds. The fraction of sp³-hybridized carbons (Fsp3) is 0.375. The molecule has 0 aliphatic rings. The Morgan fingerprint density at radius 3 is 3.00 bits per heavy atom. The van der Waals surface area contributed by atoms with Crippen LogP contribution in [0.1, 0.15) is 6.92 Å². The van der Waals surface area contributed by atoms with Gasteiger partial charge in [-0.15, -0.1) is 0 Å². The molecule has 0 aliphatic carbocycles. The number of aromatic nitrogens is 3. The minimum atomic E-state index is -0.303. The van der Waals surface area contributed by atoms with Gasteiger partial charge in [0.2, 0.25) is 0 Å². The highest BCUT2D eigenvalue weighted by atomic mass is 32.2. The summed E-state index contributed by atoms with van der Waals surface area (Å²) in [7, 11) is 0. The molecule has 1 rings (SSSR count). The van der Waals surface area contributed by atoms with Gasteiger partial charge in [-0.2, -0.15) is 10.1 Å². The van der Waals surface area contributed by atoms with Crippen molar-refractivity contribution in [2.24, 2.45) is 0 Å². The van der Waals surface area contributed by atoms with Gasteiger partial charge in [0.1, 0.15) is 6.20 Å². The summed E-state index contributed by atoms with van der Waals surface area (Å²) in [5, 5.41) is 4.57.